The summed E-state index contributed by atoms with van der Waals surface area (Å²) in [7, 11) is -1.87. The summed E-state index contributed by atoms with van der Waals surface area (Å²) in [4.78, 5) is 66.9. The number of urea groups is 1. The van der Waals surface area contributed by atoms with Crippen molar-refractivity contribution in [2.24, 2.45) is 11.3 Å². The summed E-state index contributed by atoms with van der Waals surface area (Å²) in [6.45, 7) is 10.2. The zero-order valence-electron chi connectivity index (χ0n) is 36.8. The molecule has 4 aliphatic rings. The van der Waals surface area contributed by atoms with Gasteiger partial charge in [-0.05, 0) is 63.5 Å². The van der Waals surface area contributed by atoms with E-state index in [1.807, 2.05) is 58.2 Å². The van der Waals surface area contributed by atoms with Crippen LogP contribution in [-0.4, -0.2) is 125 Å². The predicted octanol–water partition coefficient (Wildman–Crippen LogP) is 5.13. The number of nitrogens with zero attached hydrogens (tertiary/aromatic N) is 4. The lowest BCUT2D eigenvalue weighted by Crippen LogP contribution is -2.59. The highest BCUT2D eigenvalue weighted by molar-refractivity contribution is 7.89. The molecule has 0 bridgehead atoms. The number of fused-ring (bicyclic) bond motifs is 3. The van der Waals surface area contributed by atoms with Crippen molar-refractivity contribution < 1.29 is 42.2 Å². The molecule has 0 spiro atoms. The van der Waals surface area contributed by atoms with Crippen molar-refractivity contribution in [1.82, 2.24) is 35.1 Å². The first-order chi connectivity index (χ1) is 29.9. The van der Waals surface area contributed by atoms with E-state index < -0.39 is 74.9 Å². The smallest absolute Gasteiger partial charge is 0.330 e. The highest BCUT2D eigenvalue weighted by Crippen LogP contribution is 2.45. The number of methoxy groups -OCH3 is 1. The molecule has 5 heterocycles. The molecular formula is C44H60N8O9S2. The minimum absolute atomic E-state index is 0.0357. The molecule has 3 fully saturated rings. The fraction of sp³-hybridized carbons (Fsp3) is 0.591. The van der Waals surface area contributed by atoms with Crippen molar-refractivity contribution in [2.45, 2.75) is 122 Å². The summed E-state index contributed by atoms with van der Waals surface area (Å²) in [6, 6.07) is 3.97. The highest BCUT2D eigenvalue weighted by Gasteiger charge is 2.61. The Morgan fingerprint density at radius 1 is 1.10 bits per heavy atom. The van der Waals surface area contributed by atoms with Gasteiger partial charge in [0.05, 0.1) is 30.6 Å². The lowest BCUT2D eigenvalue weighted by atomic mass is 9.86. The second-order valence-corrected chi connectivity index (χ2v) is 21.4. The van der Waals surface area contributed by atoms with Crippen LogP contribution in [0.4, 0.5) is 9.93 Å². The van der Waals surface area contributed by atoms with Crippen molar-refractivity contribution in [3.63, 3.8) is 0 Å². The lowest BCUT2D eigenvalue weighted by Gasteiger charge is -2.35. The molecule has 2 saturated heterocycles. The van der Waals surface area contributed by atoms with E-state index in [0.29, 0.717) is 59.6 Å². The summed E-state index contributed by atoms with van der Waals surface area (Å²) in [5, 5.41) is 25.7. The van der Waals surface area contributed by atoms with Crippen molar-refractivity contribution in [1.29, 1.82) is 0 Å². The molecular weight excluding hydrogens is 849 g/mol. The Labute approximate surface area is 372 Å². The number of carbonyl (C=O) groups excluding carboxylic acids is 3. The van der Waals surface area contributed by atoms with Crippen LogP contribution in [0.5, 0.6) is 11.5 Å². The molecule has 342 valence electrons. The van der Waals surface area contributed by atoms with Crippen LogP contribution in [-0.2, 0) is 24.4 Å². The standard InChI is InChI=1S/C44H60N8O9S2/c1-26(2)45-42-48-34(25-62-42)33-21-36(30-16-15-28(60-6)19-32(30)46-33)61-29-20-35-38(53)50-44(40(55)56)22-27(44)13-10-8-7-9-11-14-31(39(54)52(35)23-29)47-41(57)49-37(43(3,4)5)24-51-17-12-18-63(51,58)59/h10,13,15-16,19,21,25-27,29,31,35,37H,7-9,11-12,14,17-18,20,22-24H2,1-6H3,(H,45,48)(H,50,53)(H,55,56)(H2,47,49,57)/t27?,29-,31+,35+,37-,44-/m1/s1. The summed E-state index contributed by atoms with van der Waals surface area (Å²) < 4.78 is 39.1. The van der Waals surface area contributed by atoms with E-state index in [0.717, 1.165) is 18.0 Å². The lowest BCUT2D eigenvalue weighted by molar-refractivity contribution is -0.145. The topological polar surface area (TPSA) is 221 Å². The van der Waals surface area contributed by atoms with Crippen LogP contribution < -0.4 is 30.7 Å². The first-order valence-corrected chi connectivity index (χ1v) is 24.3. The number of carboxylic acids is 1. The minimum Gasteiger partial charge on any atom is -0.497 e. The average molecular weight is 909 g/mol. The fourth-order valence-electron chi connectivity index (χ4n) is 8.56. The molecule has 2 aromatic heterocycles. The number of hydrogen-bond donors (Lipinski definition) is 5. The van der Waals surface area contributed by atoms with Crippen molar-refractivity contribution in [2.75, 3.05) is 37.8 Å². The third-order valence-corrected chi connectivity index (χ3v) is 15.0. The van der Waals surface area contributed by atoms with E-state index in [1.54, 1.807) is 25.3 Å². The monoisotopic (exact) mass is 908 g/mol. The molecule has 1 aromatic carbocycles. The molecule has 3 aromatic rings. The maximum atomic E-state index is 14.9. The van der Waals surface area contributed by atoms with Crippen LogP contribution >= 0.6 is 11.3 Å². The summed E-state index contributed by atoms with van der Waals surface area (Å²) in [6.07, 6.45) is 6.94. The molecule has 1 aliphatic carbocycles. The number of aliphatic carboxylic acids is 1. The number of allylic oxidation sites excluding steroid dienone is 1. The van der Waals surface area contributed by atoms with Gasteiger partial charge in [-0.3, -0.25) is 9.59 Å². The number of carboxylic acid groups (broad SMARTS) is 1. The molecule has 5 N–H and O–H groups in total. The average Bonchev–Trinajstić information content (AvgIpc) is 3.49. The molecule has 7 rings (SSSR count). The highest BCUT2D eigenvalue weighted by atomic mass is 32.2. The Bertz CT molecular complexity index is 2350. The SMILES string of the molecule is COc1ccc2c(O[C@@H]3C[C@H]4C(=O)N[C@]5(C(=O)O)CC5C=CCCCCC[C@H](NC(=O)N[C@H](CN5CCCS5(=O)=O)C(C)(C)C)C(=O)N4C3)cc(-c3csc(NC(C)C)n3)nc2c1. The molecule has 17 nitrogen and oxygen atoms in total. The van der Waals surface area contributed by atoms with Gasteiger partial charge in [0, 0.05) is 60.4 Å². The molecule has 3 aliphatic heterocycles. The van der Waals surface area contributed by atoms with Crippen LogP contribution in [0.1, 0.15) is 86.0 Å². The number of carbonyl (C=O) groups is 4. The van der Waals surface area contributed by atoms with Crippen LogP contribution in [0, 0.1) is 11.3 Å². The van der Waals surface area contributed by atoms with E-state index in [4.69, 9.17) is 19.4 Å². The largest absolute Gasteiger partial charge is 0.497 e. The fourth-order valence-corrected chi connectivity index (χ4v) is 10.9. The van der Waals surface area contributed by atoms with Crippen molar-refractivity contribution in [3.8, 4) is 22.9 Å². The Morgan fingerprint density at radius 2 is 1.89 bits per heavy atom. The van der Waals surface area contributed by atoms with Crippen LogP contribution in [0.2, 0.25) is 0 Å². The van der Waals surface area contributed by atoms with Gasteiger partial charge < -0.3 is 40.7 Å². The Kier molecular flexibility index (Phi) is 13.6. The maximum Gasteiger partial charge on any atom is 0.330 e. The summed E-state index contributed by atoms with van der Waals surface area (Å²) in [5.41, 5.74) is -0.287. The number of amides is 4. The van der Waals surface area contributed by atoms with Crippen molar-refractivity contribution in [3.05, 3.63) is 41.8 Å². The molecule has 4 amide bonds. The minimum atomic E-state index is -3.44. The Morgan fingerprint density at radius 3 is 2.59 bits per heavy atom. The van der Waals surface area contributed by atoms with Crippen LogP contribution in [0.15, 0.2) is 41.8 Å². The van der Waals surface area contributed by atoms with Gasteiger partial charge in [-0.2, -0.15) is 4.31 Å². The summed E-state index contributed by atoms with van der Waals surface area (Å²) >= 11 is 1.45. The van der Waals surface area contributed by atoms with Gasteiger partial charge >= 0.3 is 12.0 Å². The normalized spacial score (nSPS) is 25.9. The quantitative estimate of drug-likeness (QED) is 0.158. The van der Waals surface area contributed by atoms with Gasteiger partial charge in [0.2, 0.25) is 21.8 Å². The van der Waals surface area contributed by atoms with Crippen LogP contribution in [0.25, 0.3) is 22.3 Å². The third-order valence-electron chi connectivity index (χ3n) is 12.3. The number of aromatic nitrogens is 2. The number of pyridine rings is 1. The van der Waals surface area contributed by atoms with Gasteiger partial charge in [0.25, 0.3) is 0 Å². The van der Waals surface area contributed by atoms with Gasteiger partial charge in [0.15, 0.2) is 5.13 Å². The Balaban J connectivity index is 1.19. The predicted molar refractivity (Wildman–Crippen MR) is 240 cm³/mol. The molecule has 0 radical (unpaired) electrons. The van der Waals surface area contributed by atoms with Gasteiger partial charge in [0.1, 0.15) is 40.9 Å². The molecule has 63 heavy (non-hydrogen) atoms. The van der Waals surface area contributed by atoms with E-state index in [-0.39, 0.29) is 44.1 Å². The summed E-state index contributed by atoms with van der Waals surface area (Å²) in [5.74, 6) is -1.58. The second-order valence-electron chi connectivity index (χ2n) is 18.5. The number of ether oxygens (including phenoxy) is 2. The van der Waals surface area contributed by atoms with Gasteiger partial charge in [-0.25, -0.2) is 28.0 Å². The number of nitrogens with one attached hydrogen (secondary N) is 4. The molecule has 6 atom stereocenters. The van der Waals surface area contributed by atoms with E-state index in [1.165, 1.54) is 20.5 Å². The second kappa shape index (κ2) is 18.6. The molecule has 1 saturated carbocycles. The zero-order valence-corrected chi connectivity index (χ0v) is 38.4. The number of hydrogen-bond acceptors (Lipinski definition) is 12. The molecule has 19 heteroatoms. The third kappa shape index (κ3) is 10.5. The van der Waals surface area contributed by atoms with E-state index in [9.17, 15) is 32.7 Å². The number of rotatable bonds is 11. The van der Waals surface area contributed by atoms with Gasteiger partial charge in [-0.15, -0.1) is 11.3 Å². The van der Waals surface area contributed by atoms with E-state index in [2.05, 4.69) is 21.3 Å². The maximum absolute atomic E-state index is 14.9. The Hall–Kier alpha value is -5.01. The number of anilines is 1. The number of thiazole rings is 1. The van der Waals surface area contributed by atoms with Crippen LogP contribution in [0.3, 0.4) is 0 Å². The van der Waals surface area contributed by atoms with Crippen molar-refractivity contribution >= 4 is 61.2 Å². The number of benzene rings is 1. The first-order valence-electron chi connectivity index (χ1n) is 21.8. The number of sulfonamides is 1. The molecule has 1 unspecified atom stereocenters. The van der Waals surface area contributed by atoms with E-state index >= 15 is 0 Å². The van der Waals surface area contributed by atoms with Gasteiger partial charge in [-0.1, -0.05) is 45.8 Å². The zero-order chi connectivity index (χ0) is 45.3. The first kappa shape index (κ1) is 46.0.